The van der Waals surface area contributed by atoms with Crippen LogP contribution in [0, 0.1) is 0 Å². The zero-order valence-electron chi connectivity index (χ0n) is 10.5. The van der Waals surface area contributed by atoms with Gasteiger partial charge in [0.05, 0.1) is 5.69 Å². The normalized spacial score (nSPS) is 16.9. The maximum absolute atomic E-state index is 12.3. The van der Waals surface area contributed by atoms with Crippen molar-refractivity contribution in [3.8, 4) is 0 Å². The fraction of sp³-hybridized carbons (Fsp3) is 0.462. The second-order valence-electron chi connectivity index (χ2n) is 4.18. The number of rotatable bonds is 2. The zero-order chi connectivity index (χ0) is 13.1. The topological polar surface area (TPSA) is 29.5 Å². The van der Waals surface area contributed by atoms with Crippen LogP contribution in [0.2, 0.25) is 5.02 Å². The van der Waals surface area contributed by atoms with E-state index >= 15 is 0 Å². The molecule has 1 heterocycles. The zero-order valence-corrected chi connectivity index (χ0v) is 12.1. The highest BCUT2D eigenvalue weighted by molar-refractivity contribution is 7.99. The van der Waals surface area contributed by atoms with Crippen LogP contribution in [-0.4, -0.2) is 31.4 Å². The molecule has 1 amide bonds. The highest BCUT2D eigenvalue weighted by Crippen LogP contribution is 2.36. The molecular formula is C13H16ClNO2S. The standard InChI is InChI=1S/C13H16ClNO2S/c1-9(17-2)13(16)15-6-3-7-18-12-5-4-10(14)8-11(12)15/h4-5,8-9H,3,6-7H2,1-2H3. The fourth-order valence-corrected chi connectivity index (χ4v) is 3.04. The van der Waals surface area contributed by atoms with Gasteiger partial charge in [-0.25, -0.2) is 0 Å². The number of amides is 1. The molecule has 0 saturated heterocycles. The number of benzene rings is 1. The van der Waals surface area contributed by atoms with Crippen molar-refractivity contribution in [3.05, 3.63) is 23.2 Å². The number of nitrogens with zero attached hydrogens (tertiary/aromatic N) is 1. The van der Waals surface area contributed by atoms with E-state index in [2.05, 4.69) is 0 Å². The Morgan fingerprint density at radius 2 is 2.33 bits per heavy atom. The molecule has 1 atom stereocenters. The molecule has 0 N–H and O–H groups in total. The van der Waals surface area contributed by atoms with Crippen LogP contribution in [0.3, 0.4) is 0 Å². The van der Waals surface area contributed by atoms with E-state index in [1.165, 1.54) is 0 Å². The first-order chi connectivity index (χ1) is 8.63. The molecule has 1 aliphatic heterocycles. The molecule has 18 heavy (non-hydrogen) atoms. The van der Waals surface area contributed by atoms with Crippen molar-refractivity contribution < 1.29 is 9.53 Å². The molecule has 5 heteroatoms. The summed E-state index contributed by atoms with van der Waals surface area (Å²) < 4.78 is 5.12. The summed E-state index contributed by atoms with van der Waals surface area (Å²) in [6, 6.07) is 5.70. The van der Waals surface area contributed by atoms with Crippen molar-refractivity contribution >= 4 is 35.0 Å². The first kappa shape index (κ1) is 13.7. The average molecular weight is 286 g/mol. The first-order valence-electron chi connectivity index (χ1n) is 5.90. The van der Waals surface area contributed by atoms with E-state index in [4.69, 9.17) is 16.3 Å². The van der Waals surface area contributed by atoms with Gasteiger partial charge in [0.25, 0.3) is 5.91 Å². The fourth-order valence-electron chi connectivity index (χ4n) is 1.90. The molecule has 1 aromatic rings. The molecule has 0 radical (unpaired) electrons. The Hall–Kier alpha value is -0.710. The van der Waals surface area contributed by atoms with Crippen LogP contribution >= 0.6 is 23.4 Å². The summed E-state index contributed by atoms with van der Waals surface area (Å²) in [7, 11) is 1.55. The maximum Gasteiger partial charge on any atom is 0.255 e. The quantitative estimate of drug-likeness (QED) is 0.836. The number of thioether (sulfide) groups is 1. The minimum Gasteiger partial charge on any atom is -0.372 e. The van der Waals surface area contributed by atoms with Crippen molar-refractivity contribution in [3.63, 3.8) is 0 Å². The van der Waals surface area contributed by atoms with Gasteiger partial charge in [-0.3, -0.25) is 4.79 Å². The van der Waals surface area contributed by atoms with Crippen LogP contribution in [0.1, 0.15) is 13.3 Å². The lowest BCUT2D eigenvalue weighted by Gasteiger charge is -2.25. The Morgan fingerprint density at radius 3 is 3.06 bits per heavy atom. The summed E-state index contributed by atoms with van der Waals surface area (Å²) in [6.45, 7) is 2.48. The van der Waals surface area contributed by atoms with Gasteiger partial charge < -0.3 is 9.64 Å². The number of anilines is 1. The molecular weight excluding hydrogens is 270 g/mol. The molecule has 0 aliphatic carbocycles. The Kier molecular flexibility index (Phi) is 4.54. The van der Waals surface area contributed by atoms with Crippen molar-refractivity contribution in [2.45, 2.75) is 24.3 Å². The molecule has 3 nitrogen and oxygen atoms in total. The summed E-state index contributed by atoms with van der Waals surface area (Å²) in [5.74, 6) is 1.00. The van der Waals surface area contributed by atoms with Gasteiger partial charge in [-0.05, 0) is 37.3 Å². The molecule has 1 aliphatic rings. The van der Waals surface area contributed by atoms with Crippen LogP contribution in [0.4, 0.5) is 5.69 Å². The smallest absolute Gasteiger partial charge is 0.255 e. The van der Waals surface area contributed by atoms with Gasteiger partial charge in [0.15, 0.2) is 0 Å². The minimum absolute atomic E-state index is 0.0106. The number of fused-ring (bicyclic) bond motifs is 1. The lowest BCUT2D eigenvalue weighted by atomic mass is 10.2. The number of methoxy groups -OCH3 is 1. The summed E-state index contributed by atoms with van der Waals surface area (Å²) in [4.78, 5) is 15.2. The highest BCUT2D eigenvalue weighted by atomic mass is 35.5. The number of carbonyl (C=O) groups excluding carboxylic acids is 1. The molecule has 98 valence electrons. The second-order valence-corrected chi connectivity index (χ2v) is 5.76. The number of ether oxygens (including phenoxy) is 1. The van der Waals surface area contributed by atoms with Crippen LogP contribution < -0.4 is 4.90 Å². The Morgan fingerprint density at radius 1 is 1.56 bits per heavy atom. The van der Waals surface area contributed by atoms with Crippen molar-refractivity contribution in [2.24, 2.45) is 0 Å². The van der Waals surface area contributed by atoms with E-state index in [1.54, 1.807) is 30.7 Å². The van der Waals surface area contributed by atoms with E-state index in [-0.39, 0.29) is 5.91 Å². The van der Waals surface area contributed by atoms with Gasteiger partial charge in [-0.15, -0.1) is 11.8 Å². The van der Waals surface area contributed by atoms with Crippen LogP contribution in [0.25, 0.3) is 0 Å². The summed E-state index contributed by atoms with van der Waals surface area (Å²) in [5, 5.41) is 0.652. The number of halogens is 1. The third kappa shape index (κ3) is 2.82. The van der Waals surface area contributed by atoms with Gasteiger partial charge in [0.2, 0.25) is 0 Å². The van der Waals surface area contributed by atoms with Crippen LogP contribution in [0.15, 0.2) is 23.1 Å². The summed E-state index contributed by atoms with van der Waals surface area (Å²) in [5.41, 5.74) is 0.902. The second kappa shape index (κ2) is 5.95. The van der Waals surface area contributed by atoms with Gasteiger partial charge in [0.1, 0.15) is 6.10 Å². The third-order valence-corrected chi connectivity index (χ3v) is 4.35. The first-order valence-corrected chi connectivity index (χ1v) is 7.26. The highest BCUT2D eigenvalue weighted by Gasteiger charge is 2.25. The van der Waals surface area contributed by atoms with Crippen molar-refractivity contribution in [2.75, 3.05) is 24.3 Å². The molecule has 1 unspecified atom stereocenters. The van der Waals surface area contributed by atoms with Crippen molar-refractivity contribution in [1.82, 2.24) is 0 Å². The van der Waals surface area contributed by atoms with E-state index in [0.29, 0.717) is 11.6 Å². The minimum atomic E-state index is -0.431. The van der Waals surface area contributed by atoms with Gasteiger partial charge in [-0.1, -0.05) is 11.6 Å². The molecule has 0 bridgehead atoms. The molecule has 0 spiro atoms. The molecule has 0 fully saturated rings. The monoisotopic (exact) mass is 285 g/mol. The Balaban J connectivity index is 2.37. The maximum atomic E-state index is 12.3. The predicted molar refractivity (Wildman–Crippen MR) is 75.6 cm³/mol. The molecule has 1 aromatic carbocycles. The van der Waals surface area contributed by atoms with Gasteiger partial charge in [-0.2, -0.15) is 0 Å². The lowest BCUT2D eigenvalue weighted by molar-refractivity contribution is -0.127. The van der Waals surface area contributed by atoms with Crippen LogP contribution in [0.5, 0.6) is 0 Å². The lowest BCUT2D eigenvalue weighted by Crippen LogP contribution is -2.39. The number of hydrogen-bond acceptors (Lipinski definition) is 3. The van der Waals surface area contributed by atoms with E-state index < -0.39 is 6.10 Å². The number of carbonyl (C=O) groups is 1. The summed E-state index contributed by atoms with van der Waals surface area (Å²) in [6.07, 6.45) is 0.541. The molecule has 2 rings (SSSR count). The average Bonchev–Trinajstić information content (AvgIpc) is 2.58. The molecule has 0 saturated carbocycles. The third-order valence-electron chi connectivity index (χ3n) is 2.96. The van der Waals surface area contributed by atoms with E-state index in [1.807, 2.05) is 18.2 Å². The van der Waals surface area contributed by atoms with Crippen molar-refractivity contribution in [1.29, 1.82) is 0 Å². The van der Waals surface area contributed by atoms with Crippen LogP contribution in [-0.2, 0) is 9.53 Å². The van der Waals surface area contributed by atoms with E-state index in [9.17, 15) is 4.79 Å². The largest absolute Gasteiger partial charge is 0.372 e. The SMILES string of the molecule is COC(C)C(=O)N1CCCSc2ccc(Cl)cc21. The number of hydrogen-bond donors (Lipinski definition) is 0. The van der Waals surface area contributed by atoms with Gasteiger partial charge >= 0.3 is 0 Å². The van der Waals surface area contributed by atoms with Gasteiger partial charge in [0, 0.05) is 23.6 Å². The molecule has 0 aromatic heterocycles. The Bertz CT molecular complexity index is 453. The van der Waals surface area contributed by atoms with E-state index in [0.717, 1.165) is 22.8 Å². The Labute approximate surface area is 116 Å². The predicted octanol–water partition coefficient (Wildman–Crippen LogP) is 3.20. The summed E-state index contributed by atoms with van der Waals surface area (Å²) >= 11 is 7.80.